The van der Waals surface area contributed by atoms with E-state index in [4.69, 9.17) is 5.11 Å². The molecule has 0 saturated heterocycles. The van der Waals surface area contributed by atoms with Crippen molar-refractivity contribution >= 4 is 33.0 Å². The maximum atomic E-state index is 13.4. The highest BCUT2D eigenvalue weighted by Crippen LogP contribution is 2.25. The average Bonchev–Trinajstić information content (AvgIpc) is 2.82. The van der Waals surface area contributed by atoms with E-state index in [0.29, 0.717) is 6.07 Å². The van der Waals surface area contributed by atoms with E-state index >= 15 is 0 Å². The minimum absolute atomic E-state index is 0.389. The third-order valence-corrected chi connectivity index (χ3v) is 4.73. The van der Waals surface area contributed by atoms with Crippen LogP contribution in [0, 0.1) is 11.6 Å². The molecule has 1 aromatic carbocycles. The van der Waals surface area contributed by atoms with Crippen LogP contribution in [-0.2, 0) is 10.0 Å². The van der Waals surface area contributed by atoms with Gasteiger partial charge in [-0.05, 0) is 23.6 Å². The van der Waals surface area contributed by atoms with E-state index in [9.17, 15) is 22.0 Å². The van der Waals surface area contributed by atoms with Crippen molar-refractivity contribution in [3.63, 3.8) is 0 Å². The second-order valence-corrected chi connectivity index (χ2v) is 6.22. The first-order chi connectivity index (χ1) is 9.31. The Bertz CT molecular complexity index is 770. The molecule has 0 atom stereocenters. The number of thiophene rings is 1. The predicted octanol–water partition coefficient (Wildman–Crippen LogP) is 2.53. The van der Waals surface area contributed by atoms with Gasteiger partial charge in [0.05, 0.1) is 5.69 Å². The molecule has 0 aliphatic carbocycles. The van der Waals surface area contributed by atoms with Crippen molar-refractivity contribution in [1.82, 2.24) is 0 Å². The quantitative estimate of drug-likeness (QED) is 0.907. The van der Waals surface area contributed by atoms with Gasteiger partial charge in [0.25, 0.3) is 10.0 Å². The van der Waals surface area contributed by atoms with Gasteiger partial charge >= 0.3 is 5.97 Å². The molecule has 106 valence electrons. The summed E-state index contributed by atoms with van der Waals surface area (Å²) in [4.78, 5) is 10.0. The summed E-state index contributed by atoms with van der Waals surface area (Å²) in [7, 11) is -4.26. The molecule has 0 saturated carbocycles. The Hall–Kier alpha value is -2.00. The summed E-state index contributed by atoms with van der Waals surface area (Å²) in [6.45, 7) is 0. The number of carbonyl (C=O) groups is 1. The minimum Gasteiger partial charge on any atom is -0.477 e. The monoisotopic (exact) mass is 319 g/mol. The second kappa shape index (κ2) is 5.17. The predicted molar refractivity (Wildman–Crippen MR) is 68.4 cm³/mol. The molecule has 0 bridgehead atoms. The molecular weight excluding hydrogens is 312 g/mol. The molecule has 0 spiro atoms. The van der Waals surface area contributed by atoms with Crippen LogP contribution in [0.25, 0.3) is 0 Å². The number of nitrogens with one attached hydrogen (secondary N) is 1. The van der Waals surface area contributed by atoms with Crippen molar-refractivity contribution < 1.29 is 27.1 Å². The smallest absolute Gasteiger partial charge is 0.347 e. The molecule has 0 aliphatic rings. The highest BCUT2D eigenvalue weighted by Gasteiger charge is 2.24. The molecule has 20 heavy (non-hydrogen) atoms. The Labute approximate surface area is 116 Å². The van der Waals surface area contributed by atoms with Crippen LogP contribution in [0.15, 0.2) is 34.5 Å². The first-order valence-corrected chi connectivity index (χ1v) is 7.46. The van der Waals surface area contributed by atoms with Crippen LogP contribution in [-0.4, -0.2) is 19.5 Å². The summed E-state index contributed by atoms with van der Waals surface area (Å²) >= 11 is 0.729. The Morgan fingerprint density at radius 1 is 1.25 bits per heavy atom. The fourth-order valence-corrected chi connectivity index (χ4v) is 3.77. The molecule has 0 amide bonds. The van der Waals surface area contributed by atoms with E-state index in [2.05, 4.69) is 0 Å². The van der Waals surface area contributed by atoms with Gasteiger partial charge in [-0.25, -0.2) is 22.0 Å². The van der Waals surface area contributed by atoms with Gasteiger partial charge in [0.2, 0.25) is 0 Å². The van der Waals surface area contributed by atoms with E-state index in [1.165, 1.54) is 5.38 Å². The third-order valence-electron chi connectivity index (χ3n) is 2.29. The van der Waals surface area contributed by atoms with Crippen LogP contribution < -0.4 is 4.72 Å². The Morgan fingerprint density at radius 3 is 2.55 bits per heavy atom. The maximum absolute atomic E-state index is 13.4. The first-order valence-electron chi connectivity index (χ1n) is 5.10. The molecule has 0 radical (unpaired) electrons. The lowest BCUT2D eigenvalue weighted by molar-refractivity contribution is 0.0698. The SMILES string of the molecule is O=C(O)c1sccc1S(=O)(=O)Nc1ccc(F)cc1F. The zero-order chi connectivity index (χ0) is 14.9. The molecule has 0 aliphatic heterocycles. The lowest BCUT2D eigenvalue weighted by Crippen LogP contribution is -2.16. The van der Waals surface area contributed by atoms with Crippen LogP contribution in [0.2, 0.25) is 0 Å². The summed E-state index contributed by atoms with van der Waals surface area (Å²) in [5.74, 6) is -3.35. The zero-order valence-corrected chi connectivity index (χ0v) is 11.3. The van der Waals surface area contributed by atoms with Gasteiger partial charge in [-0.15, -0.1) is 11.3 Å². The van der Waals surface area contributed by atoms with Crippen LogP contribution in [0.5, 0.6) is 0 Å². The fourth-order valence-electron chi connectivity index (χ4n) is 1.44. The number of carboxylic acids is 1. The second-order valence-electron chi connectivity index (χ2n) is 3.65. The lowest BCUT2D eigenvalue weighted by atomic mass is 10.3. The normalized spacial score (nSPS) is 11.3. The maximum Gasteiger partial charge on any atom is 0.347 e. The lowest BCUT2D eigenvalue weighted by Gasteiger charge is -2.08. The number of halogens is 2. The van der Waals surface area contributed by atoms with E-state index in [0.717, 1.165) is 29.5 Å². The molecule has 5 nitrogen and oxygen atoms in total. The number of hydrogen-bond acceptors (Lipinski definition) is 4. The van der Waals surface area contributed by atoms with Crippen molar-refractivity contribution in [2.75, 3.05) is 4.72 Å². The molecule has 1 heterocycles. The van der Waals surface area contributed by atoms with Gasteiger partial charge < -0.3 is 5.11 Å². The molecule has 0 fully saturated rings. The third kappa shape index (κ3) is 2.78. The molecule has 2 rings (SSSR count). The largest absolute Gasteiger partial charge is 0.477 e. The van der Waals surface area contributed by atoms with Gasteiger partial charge in [0, 0.05) is 6.07 Å². The standard InChI is InChI=1S/C11H7F2NO4S2/c12-6-1-2-8(7(13)5-6)14-20(17,18)9-3-4-19-10(9)11(15)16/h1-5,14H,(H,15,16). The summed E-state index contributed by atoms with van der Waals surface area (Å²) in [5, 5.41) is 10.2. The number of carboxylic acid groups (broad SMARTS) is 1. The van der Waals surface area contributed by atoms with Crippen molar-refractivity contribution in [3.05, 3.63) is 46.2 Å². The Balaban J connectivity index is 2.41. The van der Waals surface area contributed by atoms with Crippen LogP contribution in [0.1, 0.15) is 9.67 Å². The molecule has 9 heteroatoms. The fraction of sp³-hybridized carbons (Fsp3) is 0. The topological polar surface area (TPSA) is 83.5 Å². The molecule has 2 aromatic rings. The van der Waals surface area contributed by atoms with Gasteiger partial charge in [0.15, 0.2) is 0 Å². The van der Waals surface area contributed by atoms with E-state index in [1.54, 1.807) is 0 Å². The zero-order valence-electron chi connectivity index (χ0n) is 9.63. The van der Waals surface area contributed by atoms with Gasteiger partial charge in [-0.3, -0.25) is 4.72 Å². The molecular formula is C11H7F2NO4S2. The van der Waals surface area contributed by atoms with E-state index < -0.39 is 38.2 Å². The van der Waals surface area contributed by atoms with Crippen LogP contribution in [0.3, 0.4) is 0 Å². The highest BCUT2D eigenvalue weighted by atomic mass is 32.2. The van der Waals surface area contributed by atoms with Crippen molar-refractivity contribution in [3.8, 4) is 0 Å². The van der Waals surface area contributed by atoms with E-state index in [1.807, 2.05) is 4.72 Å². The van der Waals surface area contributed by atoms with Gasteiger partial charge in [-0.1, -0.05) is 0 Å². The van der Waals surface area contributed by atoms with Gasteiger partial charge in [-0.2, -0.15) is 0 Å². The van der Waals surface area contributed by atoms with Crippen LogP contribution >= 0.6 is 11.3 Å². The number of aromatic carboxylic acids is 1. The first kappa shape index (κ1) is 14.4. The summed E-state index contributed by atoms with van der Waals surface area (Å²) in [6, 6.07) is 3.41. The molecule has 1 aromatic heterocycles. The van der Waals surface area contributed by atoms with Crippen LogP contribution in [0.4, 0.5) is 14.5 Å². The molecule has 2 N–H and O–H groups in total. The van der Waals surface area contributed by atoms with Gasteiger partial charge in [0.1, 0.15) is 21.4 Å². The number of rotatable bonds is 4. The summed E-state index contributed by atoms with van der Waals surface area (Å²) in [6.07, 6.45) is 0. The van der Waals surface area contributed by atoms with Crippen molar-refractivity contribution in [2.24, 2.45) is 0 Å². The number of benzene rings is 1. The van der Waals surface area contributed by atoms with Crippen molar-refractivity contribution in [2.45, 2.75) is 4.90 Å². The number of hydrogen-bond donors (Lipinski definition) is 2. The average molecular weight is 319 g/mol. The summed E-state index contributed by atoms with van der Waals surface area (Å²) < 4.78 is 52.0. The Morgan fingerprint density at radius 2 is 1.95 bits per heavy atom. The van der Waals surface area contributed by atoms with E-state index in [-0.39, 0.29) is 4.88 Å². The Kier molecular flexibility index (Phi) is 3.73. The number of sulfonamides is 1. The van der Waals surface area contributed by atoms with Crippen molar-refractivity contribution in [1.29, 1.82) is 0 Å². The minimum atomic E-state index is -4.26. The highest BCUT2D eigenvalue weighted by molar-refractivity contribution is 7.93. The number of anilines is 1. The summed E-state index contributed by atoms with van der Waals surface area (Å²) in [5.41, 5.74) is -0.464. The molecule has 0 unspecified atom stereocenters.